The summed E-state index contributed by atoms with van der Waals surface area (Å²) < 4.78 is 26.4. The van der Waals surface area contributed by atoms with E-state index in [0.717, 1.165) is 25.1 Å². The molecule has 4 heteroatoms. The van der Waals surface area contributed by atoms with Crippen molar-refractivity contribution in [1.82, 2.24) is 5.32 Å². The number of rotatable bonds is 1. The van der Waals surface area contributed by atoms with E-state index in [2.05, 4.69) is 5.32 Å². The largest absolute Gasteiger partial charge is 0.399 e. The molecule has 0 bridgehead atoms. The quantitative estimate of drug-likeness (QED) is 0.650. The first-order valence-electron chi connectivity index (χ1n) is 4.16. The van der Waals surface area contributed by atoms with E-state index in [-0.39, 0.29) is 17.3 Å². The first-order valence-corrected chi connectivity index (χ1v) is 4.16. The molecule has 1 unspecified atom stereocenters. The van der Waals surface area contributed by atoms with Gasteiger partial charge in [0.15, 0.2) is 0 Å². The van der Waals surface area contributed by atoms with E-state index in [4.69, 9.17) is 5.73 Å². The van der Waals surface area contributed by atoms with Crippen molar-refractivity contribution in [2.75, 3.05) is 12.3 Å². The number of hydrogen-bond acceptors (Lipinski definition) is 2. The highest BCUT2D eigenvalue weighted by Crippen LogP contribution is 2.29. The fourth-order valence-corrected chi connectivity index (χ4v) is 1.47. The van der Waals surface area contributed by atoms with Gasteiger partial charge in [0.25, 0.3) is 0 Å². The molecule has 1 heterocycles. The van der Waals surface area contributed by atoms with Gasteiger partial charge in [-0.2, -0.15) is 0 Å². The van der Waals surface area contributed by atoms with E-state index in [0.29, 0.717) is 0 Å². The van der Waals surface area contributed by atoms with Crippen LogP contribution in [0.25, 0.3) is 0 Å². The minimum Gasteiger partial charge on any atom is -0.399 e. The summed E-state index contributed by atoms with van der Waals surface area (Å²) in [7, 11) is 0. The SMILES string of the molecule is Nc1cc(F)c(C2CCN2)c(F)c1. The highest BCUT2D eigenvalue weighted by Gasteiger charge is 2.25. The van der Waals surface area contributed by atoms with Crippen LogP contribution in [0.5, 0.6) is 0 Å². The number of nitrogens with one attached hydrogen (secondary N) is 1. The number of hydrogen-bond donors (Lipinski definition) is 2. The zero-order chi connectivity index (χ0) is 9.42. The van der Waals surface area contributed by atoms with Gasteiger partial charge in [0, 0.05) is 17.3 Å². The Morgan fingerprint density at radius 3 is 2.23 bits per heavy atom. The lowest BCUT2D eigenvalue weighted by Gasteiger charge is -2.28. The molecule has 3 N–H and O–H groups in total. The molecule has 1 aromatic rings. The summed E-state index contributed by atoms with van der Waals surface area (Å²) in [6.07, 6.45) is 0.776. The average Bonchev–Trinajstić information content (AvgIpc) is 1.92. The van der Waals surface area contributed by atoms with Gasteiger partial charge in [-0.1, -0.05) is 0 Å². The second-order valence-corrected chi connectivity index (χ2v) is 3.19. The summed E-state index contributed by atoms with van der Waals surface area (Å²) in [6.45, 7) is 0.813. The van der Waals surface area contributed by atoms with Crippen molar-refractivity contribution in [2.24, 2.45) is 0 Å². The Labute approximate surface area is 74.7 Å². The Hall–Kier alpha value is -1.16. The van der Waals surface area contributed by atoms with Gasteiger partial charge in [-0.05, 0) is 25.1 Å². The van der Waals surface area contributed by atoms with E-state index >= 15 is 0 Å². The molecular formula is C9H10F2N2. The van der Waals surface area contributed by atoms with Crippen LogP contribution in [0.2, 0.25) is 0 Å². The van der Waals surface area contributed by atoms with Crippen molar-refractivity contribution in [1.29, 1.82) is 0 Å². The molecule has 1 atom stereocenters. The standard InChI is InChI=1S/C9H10F2N2/c10-6-3-5(12)4-7(11)9(6)8-1-2-13-8/h3-4,8,13H,1-2,12H2. The lowest BCUT2D eigenvalue weighted by Crippen LogP contribution is -2.36. The minimum atomic E-state index is -0.560. The molecule has 2 rings (SSSR count). The average molecular weight is 184 g/mol. The lowest BCUT2D eigenvalue weighted by molar-refractivity contribution is 0.356. The number of nitrogen functional groups attached to an aromatic ring is 1. The molecule has 0 spiro atoms. The van der Waals surface area contributed by atoms with E-state index in [9.17, 15) is 8.78 Å². The highest BCUT2D eigenvalue weighted by molar-refractivity contribution is 5.42. The maximum atomic E-state index is 13.2. The second-order valence-electron chi connectivity index (χ2n) is 3.19. The van der Waals surface area contributed by atoms with Crippen LogP contribution in [0.3, 0.4) is 0 Å². The van der Waals surface area contributed by atoms with E-state index in [1.807, 2.05) is 0 Å². The van der Waals surface area contributed by atoms with Crippen LogP contribution in [-0.2, 0) is 0 Å². The molecule has 0 radical (unpaired) electrons. The van der Waals surface area contributed by atoms with Gasteiger partial charge in [0.05, 0.1) is 0 Å². The maximum absolute atomic E-state index is 13.2. The summed E-state index contributed by atoms with van der Waals surface area (Å²) in [5.74, 6) is -1.12. The maximum Gasteiger partial charge on any atom is 0.132 e. The monoisotopic (exact) mass is 184 g/mol. The van der Waals surface area contributed by atoms with Crippen molar-refractivity contribution in [3.8, 4) is 0 Å². The third-order valence-electron chi connectivity index (χ3n) is 2.27. The Kier molecular flexibility index (Phi) is 1.92. The Morgan fingerprint density at radius 2 is 1.85 bits per heavy atom. The number of nitrogens with two attached hydrogens (primary N) is 1. The Balaban J connectivity index is 2.43. The molecule has 0 aromatic heterocycles. The van der Waals surface area contributed by atoms with Gasteiger partial charge >= 0.3 is 0 Å². The topological polar surface area (TPSA) is 38.0 Å². The van der Waals surface area contributed by atoms with Crippen LogP contribution >= 0.6 is 0 Å². The molecule has 1 fully saturated rings. The van der Waals surface area contributed by atoms with E-state index < -0.39 is 11.6 Å². The predicted molar refractivity (Wildman–Crippen MR) is 46.1 cm³/mol. The van der Waals surface area contributed by atoms with Crippen molar-refractivity contribution >= 4 is 5.69 Å². The number of anilines is 1. The van der Waals surface area contributed by atoms with E-state index in [1.54, 1.807) is 0 Å². The third kappa shape index (κ3) is 1.37. The fourth-order valence-electron chi connectivity index (χ4n) is 1.47. The first-order chi connectivity index (χ1) is 6.18. The molecule has 0 amide bonds. The van der Waals surface area contributed by atoms with Crippen LogP contribution < -0.4 is 11.1 Å². The second kappa shape index (κ2) is 2.96. The first kappa shape index (κ1) is 8.44. The molecule has 70 valence electrons. The zero-order valence-corrected chi connectivity index (χ0v) is 6.98. The summed E-state index contributed by atoms with van der Waals surface area (Å²) in [5.41, 5.74) is 5.52. The summed E-state index contributed by atoms with van der Waals surface area (Å²) >= 11 is 0. The van der Waals surface area contributed by atoms with Gasteiger partial charge in [0.1, 0.15) is 11.6 Å². The normalized spacial score (nSPS) is 21.2. The number of halogens is 2. The lowest BCUT2D eigenvalue weighted by atomic mass is 9.96. The highest BCUT2D eigenvalue weighted by atomic mass is 19.1. The molecule has 1 aliphatic rings. The molecule has 1 aliphatic heterocycles. The van der Waals surface area contributed by atoms with Gasteiger partial charge < -0.3 is 11.1 Å². The Morgan fingerprint density at radius 1 is 1.31 bits per heavy atom. The van der Waals surface area contributed by atoms with Gasteiger partial charge in [-0.15, -0.1) is 0 Å². The van der Waals surface area contributed by atoms with Crippen LogP contribution in [0, 0.1) is 11.6 Å². The molecular weight excluding hydrogens is 174 g/mol. The van der Waals surface area contributed by atoms with Gasteiger partial charge in [-0.25, -0.2) is 8.78 Å². The zero-order valence-electron chi connectivity index (χ0n) is 6.98. The minimum absolute atomic E-state index is 0.112. The molecule has 0 aliphatic carbocycles. The smallest absolute Gasteiger partial charge is 0.132 e. The van der Waals surface area contributed by atoms with Crippen LogP contribution in [0.15, 0.2) is 12.1 Å². The van der Waals surface area contributed by atoms with E-state index in [1.165, 1.54) is 0 Å². The number of benzene rings is 1. The molecule has 1 saturated heterocycles. The van der Waals surface area contributed by atoms with Crippen LogP contribution in [-0.4, -0.2) is 6.54 Å². The fraction of sp³-hybridized carbons (Fsp3) is 0.333. The van der Waals surface area contributed by atoms with Crippen LogP contribution in [0.1, 0.15) is 18.0 Å². The van der Waals surface area contributed by atoms with Gasteiger partial charge in [-0.3, -0.25) is 0 Å². The van der Waals surface area contributed by atoms with Crippen molar-refractivity contribution < 1.29 is 8.78 Å². The predicted octanol–water partition coefficient (Wildman–Crippen LogP) is 1.58. The molecule has 0 saturated carbocycles. The van der Waals surface area contributed by atoms with Crippen molar-refractivity contribution in [3.63, 3.8) is 0 Å². The third-order valence-corrected chi connectivity index (χ3v) is 2.27. The summed E-state index contributed by atoms with van der Waals surface area (Å²) in [5, 5.41) is 2.94. The molecule has 13 heavy (non-hydrogen) atoms. The van der Waals surface area contributed by atoms with Gasteiger partial charge in [0.2, 0.25) is 0 Å². The summed E-state index contributed by atoms with van der Waals surface area (Å²) in [4.78, 5) is 0. The molecule has 1 aromatic carbocycles. The molecule has 2 nitrogen and oxygen atoms in total. The van der Waals surface area contributed by atoms with Crippen LogP contribution in [0.4, 0.5) is 14.5 Å². The summed E-state index contributed by atoms with van der Waals surface area (Å²) in [6, 6.07) is 2.12. The van der Waals surface area contributed by atoms with Crippen molar-refractivity contribution in [3.05, 3.63) is 29.3 Å². The Bertz CT molecular complexity index is 311. The van der Waals surface area contributed by atoms with Crippen molar-refractivity contribution in [2.45, 2.75) is 12.5 Å².